The summed E-state index contributed by atoms with van der Waals surface area (Å²) in [5.41, 5.74) is 0.526. The van der Waals surface area contributed by atoms with Crippen LogP contribution in [0.15, 0.2) is 18.3 Å². The Morgan fingerprint density at radius 1 is 1.56 bits per heavy atom. The van der Waals surface area contributed by atoms with E-state index in [1.807, 2.05) is 0 Å². The normalized spacial score (nSPS) is 19.4. The van der Waals surface area contributed by atoms with Gasteiger partial charge in [0.1, 0.15) is 5.69 Å². The second-order valence-corrected chi connectivity index (χ2v) is 3.92. The van der Waals surface area contributed by atoms with Gasteiger partial charge in [0.2, 0.25) is 0 Å². The molecule has 0 spiro atoms. The Morgan fingerprint density at radius 2 is 2.38 bits per heavy atom. The molecule has 0 aromatic carbocycles. The summed E-state index contributed by atoms with van der Waals surface area (Å²) in [4.78, 5) is 5.47. The number of methoxy groups -OCH3 is 1. The average Bonchev–Trinajstić information content (AvgIpc) is 2.25. The summed E-state index contributed by atoms with van der Waals surface area (Å²) < 4.78 is 32.4. The highest BCUT2D eigenvalue weighted by atomic mass is 19.3. The zero-order chi connectivity index (χ0) is 11.6. The summed E-state index contributed by atoms with van der Waals surface area (Å²) in [5, 5.41) is 0. The minimum Gasteiger partial charge on any atom is -0.383 e. The monoisotopic (exact) mass is 228 g/mol. The van der Waals surface area contributed by atoms with Crippen molar-refractivity contribution in [3.05, 3.63) is 29.6 Å². The number of nitrogens with zero attached hydrogens (tertiary/aromatic N) is 2. The van der Waals surface area contributed by atoms with Gasteiger partial charge in [-0.3, -0.25) is 9.88 Å². The van der Waals surface area contributed by atoms with Crippen molar-refractivity contribution in [3.8, 4) is 0 Å². The molecule has 0 unspecified atom stereocenters. The van der Waals surface area contributed by atoms with Gasteiger partial charge in [-0.25, -0.2) is 0 Å². The highest BCUT2D eigenvalue weighted by Gasteiger charge is 2.41. The highest BCUT2D eigenvalue weighted by Crippen LogP contribution is 2.34. The molecule has 0 atom stereocenters. The number of rotatable bonds is 3. The molecule has 0 fully saturated rings. The van der Waals surface area contributed by atoms with E-state index in [1.165, 1.54) is 6.20 Å². The largest absolute Gasteiger partial charge is 0.383 e. The fraction of sp³-hybridized carbons (Fsp3) is 0.545. The van der Waals surface area contributed by atoms with Crippen LogP contribution in [0, 0.1) is 0 Å². The van der Waals surface area contributed by atoms with Gasteiger partial charge < -0.3 is 4.74 Å². The molecule has 5 heteroatoms. The van der Waals surface area contributed by atoms with Gasteiger partial charge in [-0.1, -0.05) is 6.07 Å². The Balaban J connectivity index is 2.19. The second kappa shape index (κ2) is 4.43. The smallest absolute Gasteiger partial charge is 0.302 e. The zero-order valence-corrected chi connectivity index (χ0v) is 9.12. The van der Waals surface area contributed by atoms with Crippen molar-refractivity contribution >= 4 is 0 Å². The SMILES string of the molecule is COCCN1Cc2cccnc2C(F)(F)C1. The van der Waals surface area contributed by atoms with Gasteiger partial charge in [0.15, 0.2) is 0 Å². The van der Waals surface area contributed by atoms with Crippen LogP contribution in [0.4, 0.5) is 8.78 Å². The molecule has 1 aliphatic rings. The van der Waals surface area contributed by atoms with Gasteiger partial charge in [-0.05, 0) is 11.6 Å². The summed E-state index contributed by atoms with van der Waals surface area (Å²) in [7, 11) is 1.57. The Morgan fingerprint density at radius 3 is 3.12 bits per heavy atom. The van der Waals surface area contributed by atoms with E-state index in [0.29, 0.717) is 25.3 Å². The lowest BCUT2D eigenvalue weighted by atomic mass is 10.0. The van der Waals surface area contributed by atoms with Crippen LogP contribution < -0.4 is 0 Å². The number of aromatic nitrogens is 1. The van der Waals surface area contributed by atoms with Crippen LogP contribution >= 0.6 is 0 Å². The quantitative estimate of drug-likeness (QED) is 0.786. The fourth-order valence-electron chi connectivity index (χ4n) is 1.93. The number of ether oxygens (including phenoxy) is 1. The molecule has 2 rings (SSSR count). The molecule has 0 amide bonds. The maximum atomic E-state index is 13.7. The van der Waals surface area contributed by atoms with Gasteiger partial charge in [-0.2, -0.15) is 8.78 Å². The average molecular weight is 228 g/mol. The molecule has 0 saturated carbocycles. The third-order valence-electron chi connectivity index (χ3n) is 2.67. The molecule has 0 radical (unpaired) electrons. The van der Waals surface area contributed by atoms with Crippen LogP contribution in [0.3, 0.4) is 0 Å². The minimum absolute atomic E-state index is 0.0799. The third kappa shape index (κ3) is 2.20. The Labute approximate surface area is 93.0 Å². The second-order valence-electron chi connectivity index (χ2n) is 3.92. The molecule has 1 aliphatic heterocycles. The lowest BCUT2D eigenvalue weighted by Crippen LogP contribution is -2.42. The van der Waals surface area contributed by atoms with E-state index in [0.717, 1.165) is 0 Å². The number of hydrogen-bond donors (Lipinski definition) is 0. The molecule has 0 aliphatic carbocycles. The van der Waals surface area contributed by atoms with E-state index in [2.05, 4.69) is 4.98 Å². The topological polar surface area (TPSA) is 25.4 Å². The Bertz CT molecular complexity index is 371. The first kappa shape index (κ1) is 11.4. The van der Waals surface area contributed by atoms with Gasteiger partial charge in [0.05, 0.1) is 13.2 Å². The predicted molar refractivity (Wildman–Crippen MR) is 55.3 cm³/mol. The molecule has 1 aromatic heterocycles. The van der Waals surface area contributed by atoms with Crippen molar-refractivity contribution in [3.63, 3.8) is 0 Å². The van der Waals surface area contributed by atoms with E-state index < -0.39 is 5.92 Å². The van der Waals surface area contributed by atoms with Gasteiger partial charge in [0, 0.05) is 26.4 Å². The van der Waals surface area contributed by atoms with Gasteiger partial charge in [-0.15, -0.1) is 0 Å². The molecule has 88 valence electrons. The number of halogens is 2. The molecular weight excluding hydrogens is 214 g/mol. The van der Waals surface area contributed by atoms with Crippen molar-refractivity contribution in [2.45, 2.75) is 12.5 Å². The van der Waals surface area contributed by atoms with Crippen molar-refractivity contribution in [1.29, 1.82) is 0 Å². The molecule has 0 saturated heterocycles. The zero-order valence-electron chi connectivity index (χ0n) is 9.12. The number of pyridine rings is 1. The van der Waals surface area contributed by atoms with Gasteiger partial charge >= 0.3 is 5.92 Å². The summed E-state index contributed by atoms with van der Waals surface area (Å²) in [6, 6.07) is 3.39. The maximum Gasteiger partial charge on any atom is 0.302 e. The van der Waals surface area contributed by atoms with E-state index in [4.69, 9.17) is 4.74 Å². The van der Waals surface area contributed by atoms with Gasteiger partial charge in [0.25, 0.3) is 0 Å². The molecular formula is C11H14F2N2O. The number of hydrogen-bond acceptors (Lipinski definition) is 3. The predicted octanol–water partition coefficient (Wildman–Crippen LogP) is 1.64. The van der Waals surface area contributed by atoms with Crippen LogP contribution in [0.25, 0.3) is 0 Å². The molecule has 1 aromatic rings. The van der Waals surface area contributed by atoms with Crippen LogP contribution in [0.5, 0.6) is 0 Å². The standard InChI is InChI=1S/C11H14F2N2O/c1-16-6-5-15-7-9-3-2-4-14-10(9)11(12,13)8-15/h2-4H,5-8H2,1H3. The summed E-state index contributed by atoms with van der Waals surface area (Å²) >= 11 is 0. The first-order valence-corrected chi connectivity index (χ1v) is 5.17. The number of alkyl halides is 2. The first-order valence-electron chi connectivity index (χ1n) is 5.17. The van der Waals surface area contributed by atoms with E-state index >= 15 is 0 Å². The first-order chi connectivity index (χ1) is 7.63. The van der Waals surface area contributed by atoms with Crippen LogP contribution in [-0.2, 0) is 17.2 Å². The maximum absolute atomic E-state index is 13.7. The van der Waals surface area contributed by atoms with Crippen LogP contribution in [0.1, 0.15) is 11.3 Å². The summed E-state index contributed by atoms with van der Waals surface area (Å²) in [5.74, 6) is -2.86. The van der Waals surface area contributed by atoms with Crippen molar-refractivity contribution in [2.24, 2.45) is 0 Å². The Kier molecular flexibility index (Phi) is 3.16. The van der Waals surface area contributed by atoms with E-state index in [-0.39, 0.29) is 12.2 Å². The van der Waals surface area contributed by atoms with E-state index in [1.54, 1.807) is 24.1 Å². The molecule has 0 bridgehead atoms. The lowest BCUT2D eigenvalue weighted by molar-refractivity contribution is -0.0599. The lowest BCUT2D eigenvalue weighted by Gasteiger charge is -2.33. The molecule has 16 heavy (non-hydrogen) atoms. The van der Waals surface area contributed by atoms with E-state index in [9.17, 15) is 8.78 Å². The Hall–Kier alpha value is -1.07. The third-order valence-corrected chi connectivity index (χ3v) is 2.67. The molecule has 3 nitrogen and oxygen atoms in total. The van der Waals surface area contributed by atoms with Crippen molar-refractivity contribution in [1.82, 2.24) is 9.88 Å². The molecule has 0 N–H and O–H groups in total. The minimum atomic E-state index is -2.86. The number of fused-ring (bicyclic) bond motifs is 1. The fourth-order valence-corrected chi connectivity index (χ4v) is 1.93. The summed E-state index contributed by atoms with van der Waals surface area (Å²) in [6.45, 7) is 1.22. The molecule has 2 heterocycles. The van der Waals surface area contributed by atoms with Crippen LogP contribution in [0.2, 0.25) is 0 Å². The van der Waals surface area contributed by atoms with Crippen LogP contribution in [-0.4, -0.2) is 36.7 Å². The summed E-state index contributed by atoms with van der Waals surface area (Å²) in [6.07, 6.45) is 1.41. The highest BCUT2D eigenvalue weighted by molar-refractivity contribution is 5.26. The van der Waals surface area contributed by atoms with Crippen molar-refractivity contribution < 1.29 is 13.5 Å². The van der Waals surface area contributed by atoms with Crippen molar-refractivity contribution in [2.75, 3.05) is 26.8 Å².